The Balaban J connectivity index is 2.24. The van der Waals surface area contributed by atoms with Crippen LogP contribution in [0.15, 0.2) is 22.7 Å². The fourth-order valence-electron chi connectivity index (χ4n) is 1.99. The van der Waals surface area contributed by atoms with Gasteiger partial charge in [0.05, 0.1) is 5.56 Å². The maximum Gasteiger partial charge on any atom is 0.255 e. The van der Waals surface area contributed by atoms with E-state index in [4.69, 9.17) is 0 Å². The zero-order valence-corrected chi connectivity index (χ0v) is 12.2. The highest BCUT2D eigenvalue weighted by molar-refractivity contribution is 9.10. The van der Waals surface area contributed by atoms with Crippen molar-refractivity contribution in [2.45, 2.75) is 32.7 Å². The first-order valence-corrected chi connectivity index (χ1v) is 7.04. The predicted octanol–water partition coefficient (Wildman–Crippen LogP) is 3.85. The molecule has 18 heavy (non-hydrogen) atoms. The molecule has 4 heteroatoms. The van der Waals surface area contributed by atoms with Crippen molar-refractivity contribution in [3.63, 3.8) is 0 Å². The quantitative estimate of drug-likeness (QED) is 0.827. The first kappa shape index (κ1) is 13.5. The Morgan fingerprint density at radius 1 is 1.50 bits per heavy atom. The molecule has 98 valence electrons. The highest BCUT2D eigenvalue weighted by Crippen LogP contribution is 2.30. The van der Waals surface area contributed by atoms with E-state index in [1.165, 1.54) is 12.1 Å². The molecule has 0 aromatic heterocycles. The molecule has 0 N–H and O–H groups in total. The zero-order chi connectivity index (χ0) is 13.3. The fraction of sp³-hybridized carbons (Fsp3) is 0.500. The third-order valence-corrected chi connectivity index (χ3v) is 3.66. The van der Waals surface area contributed by atoms with Gasteiger partial charge in [-0.3, -0.25) is 4.79 Å². The average Bonchev–Trinajstić information content (AvgIpc) is 3.12. The summed E-state index contributed by atoms with van der Waals surface area (Å²) >= 11 is 3.32. The van der Waals surface area contributed by atoms with Crippen molar-refractivity contribution < 1.29 is 9.18 Å². The van der Waals surface area contributed by atoms with Crippen molar-refractivity contribution in [3.8, 4) is 0 Å². The van der Waals surface area contributed by atoms with Crippen LogP contribution in [-0.2, 0) is 0 Å². The molecule has 0 atom stereocenters. The van der Waals surface area contributed by atoms with E-state index in [2.05, 4.69) is 29.8 Å². The molecule has 1 aromatic carbocycles. The van der Waals surface area contributed by atoms with E-state index in [0.29, 0.717) is 22.0 Å². The Labute approximate surface area is 115 Å². The van der Waals surface area contributed by atoms with Crippen LogP contribution in [0.25, 0.3) is 0 Å². The summed E-state index contributed by atoms with van der Waals surface area (Å²) < 4.78 is 13.9. The molecule has 0 bridgehead atoms. The van der Waals surface area contributed by atoms with Gasteiger partial charge < -0.3 is 4.90 Å². The predicted molar refractivity (Wildman–Crippen MR) is 73.0 cm³/mol. The Hall–Kier alpha value is -0.900. The van der Waals surface area contributed by atoms with Crippen LogP contribution in [0, 0.1) is 11.7 Å². The van der Waals surface area contributed by atoms with Crippen molar-refractivity contribution in [1.82, 2.24) is 4.90 Å². The minimum absolute atomic E-state index is 0.0717. The number of carbonyl (C=O) groups excluding carboxylic acids is 1. The number of benzene rings is 1. The van der Waals surface area contributed by atoms with Gasteiger partial charge in [0, 0.05) is 17.1 Å². The normalized spacial score (nSPS) is 14.9. The molecule has 1 fully saturated rings. The van der Waals surface area contributed by atoms with Gasteiger partial charge in [0.25, 0.3) is 5.91 Å². The average molecular weight is 314 g/mol. The Bertz CT molecular complexity index is 457. The monoisotopic (exact) mass is 313 g/mol. The van der Waals surface area contributed by atoms with Gasteiger partial charge in [0.1, 0.15) is 5.82 Å². The number of amides is 1. The van der Waals surface area contributed by atoms with Crippen molar-refractivity contribution in [3.05, 3.63) is 34.1 Å². The zero-order valence-electron chi connectivity index (χ0n) is 10.6. The van der Waals surface area contributed by atoms with E-state index in [-0.39, 0.29) is 11.7 Å². The van der Waals surface area contributed by atoms with Crippen molar-refractivity contribution >= 4 is 21.8 Å². The largest absolute Gasteiger partial charge is 0.335 e. The van der Waals surface area contributed by atoms with Crippen molar-refractivity contribution in [2.75, 3.05) is 6.54 Å². The van der Waals surface area contributed by atoms with Crippen molar-refractivity contribution in [1.29, 1.82) is 0 Å². The molecule has 2 nitrogen and oxygen atoms in total. The number of carbonyl (C=O) groups is 1. The molecule has 1 aromatic rings. The first-order valence-electron chi connectivity index (χ1n) is 6.25. The molecule has 0 aliphatic heterocycles. The molecule has 1 saturated carbocycles. The molecule has 0 saturated heterocycles. The lowest BCUT2D eigenvalue weighted by molar-refractivity contribution is 0.0721. The minimum Gasteiger partial charge on any atom is -0.335 e. The Kier molecular flexibility index (Phi) is 4.05. The second kappa shape index (κ2) is 5.39. The number of rotatable bonds is 4. The third kappa shape index (κ3) is 3.10. The first-order chi connectivity index (χ1) is 8.49. The lowest BCUT2D eigenvalue weighted by atomic mass is 10.1. The van der Waals surface area contributed by atoms with Gasteiger partial charge in [-0.25, -0.2) is 4.39 Å². The summed E-state index contributed by atoms with van der Waals surface area (Å²) in [6.07, 6.45) is 2.12. The van der Waals surface area contributed by atoms with E-state index in [9.17, 15) is 9.18 Å². The molecule has 2 rings (SSSR count). The highest BCUT2D eigenvalue weighted by atomic mass is 79.9. The van der Waals surface area contributed by atoms with E-state index >= 15 is 0 Å². The summed E-state index contributed by atoms with van der Waals surface area (Å²) in [7, 11) is 0. The summed E-state index contributed by atoms with van der Waals surface area (Å²) in [6, 6.07) is 4.59. The molecule has 1 aliphatic carbocycles. The molecular formula is C14H17BrFNO. The van der Waals surface area contributed by atoms with Crippen LogP contribution in [0.5, 0.6) is 0 Å². The summed E-state index contributed by atoms with van der Waals surface area (Å²) in [4.78, 5) is 14.3. The van der Waals surface area contributed by atoms with Crippen LogP contribution in [-0.4, -0.2) is 23.4 Å². The maximum atomic E-state index is 13.3. The number of halogens is 2. The van der Waals surface area contributed by atoms with Gasteiger partial charge in [0.15, 0.2) is 0 Å². The summed E-state index contributed by atoms with van der Waals surface area (Å²) in [5.74, 6) is -0.0266. The van der Waals surface area contributed by atoms with Crippen LogP contribution in [0.2, 0.25) is 0 Å². The lowest BCUT2D eigenvalue weighted by Gasteiger charge is -2.25. The smallest absolute Gasteiger partial charge is 0.255 e. The highest BCUT2D eigenvalue weighted by Gasteiger charge is 2.33. The van der Waals surface area contributed by atoms with Gasteiger partial charge >= 0.3 is 0 Å². The number of nitrogens with zero attached hydrogens (tertiary/aromatic N) is 1. The number of hydrogen-bond acceptors (Lipinski definition) is 1. The molecule has 0 spiro atoms. The van der Waals surface area contributed by atoms with Gasteiger partial charge in [0.2, 0.25) is 0 Å². The summed E-state index contributed by atoms with van der Waals surface area (Å²) in [5.41, 5.74) is 0.419. The topological polar surface area (TPSA) is 20.3 Å². The Morgan fingerprint density at radius 2 is 2.17 bits per heavy atom. The minimum atomic E-state index is -0.373. The van der Waals surface area contributed by atoms with E-state index < -0.39 is 0 Å². The molecular weight excluding hydrogens is 297 g/mol. The molecule has 1 amide bonds. The van der Waals surface area contributed by atoms with Gasteiger partial charge in [-0.1, -0.05) is 13.8 Å². The van der Waals surface area contributed by atoms with Gasteiger partial charge in [-0.2, -0.15) is 0 Å². The van der Waals surface area contributed by atoms with Crippen LogP contribution in [0.3, 0.4) is 0 Å². The standard InChI is InChI=1S/C14H17BrFNO/c1-9(2)8-17(11-4-5-11)14(18)12-7-10(16)3-6-13(12)15/h3,6-7,9,11H,4-5,8H2,1-2H3. The van der Waals surface area contributed by atoms with Gasteiger partial charge in [-0.15, -0.1) is 0 Å². The third-order valence-electron chi connectivity index (χ3n) is 2.97. The van der Waals surface area contributed by atoms with Crippen LogP contribution >= 0.6 is 15.9 Å². The Morgan fingerprint density at radius 3 is 2.72 bits per heavy atom. The van der Waals surface area contributed by atoms with Crippen molar-refractivity contribution in [2.24, 2.45) is 5.92 Å². The van der Waals surface area contributed by atoms with Crippen LogP contribution in [0.4, 0.5) is 4.39 Å². The SMILES string of the molecule is CC(C)CN(C(=O)c1cc(F)ccc1Br)C1CC1. The van der Waals surface area contributed by atoms with Crippen LogP contribution < -0.4 is 0 Å². The number of hydrogen-bond donors (Lipinski definition) is 0. The van der Waals surface area contributed by atoms with Crippen LogP contribution in [0.1, 0.15) is 37.0 Å². The maximum absolute atomic E-state index is 13.3. The molecule has 0 heterocycles. The fourth-order valence-corrected chi connectivity index (χ4v) is 2.41. The van der Waals surface area contributed by atoms with E-state index in [1.54, 1.807) is 6.07 Å². The second-order valence-electron chi connectivity index (χ2n) is 5.21. The molecule has 0 radical (unpaired) electrons. The molecule has 0 unspecified atom stereocenters. The summed E-state index contributed by atoms with van der Waals surface area (Å²) in [5, 5.41) is 0. The second-order valence-corrected chi connectivity index (χ2v) is 6.06. The molecule has 1 aliphatic rings. The summed E-state index contributed by atoms with van der Waals surface area (Å²) in [6.45, 7) is 4.90. The van der Waals surface area contributed by atoms with E-state index in [1.807, 2.05) is 4.90 Å². The van der Waals surface area contributed by atoms with Gasteiger partial charge in [-0.05, 0) is 52.9 Å². The van der Waals surface area contributed by atoms with E-state index in [0.717, 1.165) is 19.4 Å². The lowest BCUT2D eigenvalue weighted by Crippen LogP contribution is -2.36.